The highest BCUT2D eigenvalue weighted by atomic mass is 32.2. The van der Waals surface area contributed by atoms with Crippen LogP contribution < -0.4 is 20.9 Å². The largest absolute Gasteiger partial charge is 0.489 e. The molecule has 3 aromatic heterocycles. The van der Waals surface area contributed by atoms with Gasteiger partial charge in [0.05, 0.1) is 6.54 Å². The number of nitrogens with zero attached hydrogens (tertiary/aromatic N) is 5. The smallest absolute Gasteiger partial charge is 0.252 e. The number of benzene rings is 1. The minimum atomic E-state index is -3.52. The first kappa shape index (κ1) is 23.0. The zero-order valence-corrected chi connectivity index (χ0v) is 20.1. The van der Waals surface area contributed by atoms with Crippen molar-refractivity contribution in [2.45, 2.75) is 24.0 Å². The number of hydrogen-bond acceptors (Lipinski definition) is 9. The summed E-state index contributed by atoms with van der Waals surface area (Å²) < 4.78 is 33.2. The topological polar surface area (TPSA) is 133 Å². The van der Waals surface area contributed by atoms with E-state index in [0.717, 1.165) is 37.2 Å². The Bertz CT molecular complexity index is 1540. The Morgan fingerprint density at radius 3 is 2.71 bits per heavy atom. The lowest BCUT2D eigenvalue weighted by Gasteiger charge is -2.13. The van der Waals surface area contributed by atoms with Crippen LogP contribution in [0.15, 0.2) is 58.5 Å². The van der Waals surface area contributed by atoms with Gasteiger partial charge in [-0.05, 0) is 43.3 Å². The monoisotopic (exact) mass is 495 g/mol. The highest BCUT2D eigenvalue weighted by Crippen LogP contribution is 2.22. The van der Waals surface area contributed by atoms with Crippen LogP contribution in [0, 0.1) is 0 Å². The van der Waals surface area contributed by atoms with Crippen LogP contribution in [0.25, 0.3) is 11.0 Å². The number of anilines is 2. The molecule has 1 aliphatic rings. The summed E-state index contributed by atoms with van der Waals surface area (Å²) in [6, 6.07) is 10.5. The quantitative estimate of drug-likeness (QED) is 0.391. The number of fused-ring (bicyclic) bond motifs is 1. The van der Waals surface area contributed by atoms with Crippen LogP contribution in [-0.4, -0.2) is 58.2 Å². The van der Waals surface area contributed by atoms with E-state index in [-0.39, 0.29) is 28.8 Å². The fraction of sp³-hybridized carbons (Fsp3) is 0.304. The summed E-state index contributed by atoms with van der Waals surface area (Å²) in [5.74, 6) is 1.09. The standard InChI is InChI=1S/C23H25N7O4S/c1-29-14-20(35(2,32)33)19(28-29)13-30-21(31)8-3-15-11-25-23(27-22(15)30)26-16-4-6-17(7-5-16)34-18-9-10-24-12-18/h3-8,11,14,18,24H,9-10,12-13H2,1-2H3,(H,25,26,27). The van der Waals surface area contributed by atoms with E-state index in [0.29, 0.717) is 17.0 Å². The molecule has 0 radical (unpaired) electrons. The van der Waals surface area contributed by atoms with Crippen molar-refractivity contribution in [1.29, 1.82) is 0 Å². The molecule has 0 spiro atoms. The summed E-state index contributed by atoms with van der Waals surface area (Å²) in [7, 11) is -1.88. The van der Waals surface area contributed by atoms with Gasteiger partial charge in [-0.1, -0.05) is 0 Å². The molecular formula is C23H25N7O4S. The molecule has 1 fully saturated rings. The van der Waals surface area contributed by atoms with Gasteiger partial charge in [0.25, 0.3) is 5.56 Å². The Morgan fingerprint density at radius 2 is 2.00 bits per heavy atom. The maximum atomic E-state index is 12.7. The number of nitrogens with one attached hydrogen (secondary N) is 2. The van der Waals surface area contributed by atoms with E-state index in [2.05, 4.69) is 25.7 Å². The molecule has 1 atom stereocenters. The third-order valence-electron chi connectivity index (χ3n) is 5.73. The molecule has 11 nitrogen and oxygen atoms in total. The van der Waals surface area contributed by atoms with Crippen LogP contribution in [0.1, 0.15) is 12.1 Å². The predicted octanol–water partition coefficient (Wildman–Crippen LogP) is 1.46. The summed E-state index contributed by atoms with van der Waals surface area (Å²) in [5.41, 5.74) is 1.07. The maximum absolute atomic E-state index is 12.7. The molecular weight excluding hydrogens is 470 g/mol. The average Bonchev–Trinajstić information content (AvgIpc) is 3.46. The lowest BCUT2D eigenvalue weighted by atomic mass is 10.3. The molecule has 0 saturated carbocycles. The third kappa shape index (κ3) is 5.03. The van der Waals surface area contributed by atoms with Gasteiger partial charge in [0, 0.05) is 49.4 Å². The fourth-order valence-corrected chi connectivity index (χ4v) is 4.91. The third-order valence-corrected chi connectivity index (χ3v) is 6.87. The molecule has 1 saturated heterocycles. The molecule has 4 aromatic rings. The van der Waals surface area contributed by atoms with Gasteiger partial charge in [0.2, 0.25) is 5.95 Å². The molecule has 0 bridgehead atoms. The lowest BCUT2D eigenvalue weighted by Crippen LogP contribution is -2.22. The Kier molecular flexibility index (Phi) is 5.99. The number of ether oxygens (including phenoxy) is 1. The van der Waals surface area contributed by atoms with Gasteiger partial charge >= 0.3 is 0 Å². The minimum absolute atomic E-state index is 0.0437. The molecule has 12 heteroatoms. The summed E-state index contributed by atoms with van der Waals surface area (Å²) in [5, 5.41) is 11.3. The summed E-state index contributed by atoms with van der Waals surface area (Å²) in [6.07, 6.45) is 5.32. The van der Waals surface area contributed by atoms with Crippen LogP contribution >= 0.6 is 0 Å². The molecule has 0 aliphatic carbocycles. The number of pyridine rings is 1. The Labute approximate surface area is 201 Å². The van der Waals surface area contributed by atoms with E-state index < -0.39 is 9.84 Å². The van der Waals surface area contributed by atoms with Crippen molar-refractivity contribution < 1.29 is 13.2 Å². The van der Waals surface area contributed by atoms with E-state index >= 15 is 0 Å². The second-order valence-electron chi connectivity index (χ2n) is 8.50. The molecule has 182 valence electrons. The van der Waals surface area contributed by atoms with Crippen molar-refractivity contribution in [2.75, 3.05) is 24.7 Å². The average molecular weight is 496 g/mol. The van der Waals surface area contributed by atoms with E-state index in [9.17, 15) is 13.2 Å². The molecule has 4 heterocycles. The second kappa shape index (κ2) is 9.12. The SMILES string of the molecule is Cn1cc(S(C)(=O)=O)c(Cn2c(=O)ccc3cnc(Nc4ccc(OC5CCNC5)cc4)nc32)n1. The Hall–Kier alpha value is -3.77. The van der Waals surface area contributed by atoms with Crippen molar-refractivity contribution in [3.05, 3.63) is 64.8 Å². The van der Waals surface area contributed by atoms with Gasteiger partial charge in [-0.2, -0.15) is 10.1 Å². The van der Waals surface area contributed by atoms with Crippen LogP contribution in [0.4, 0.5) is 11.6 Å². The lowest BCUT2D eigenvalue weighted by molar-refractivity contribution is 0.223. The van der Waals surface area contributed by atoms with Crippen molar-refractivity contribution in [3.63, 3.8) is 0 Å². The zero-order chi connectivity index (χ0) is 24.6. The minimum Gasteiger partial charge on any atom is -0.489 e. The maximum Gasteiger partial charge on any atom is 0.252 e. The number of sulfone groups is 1. The Balaban J connectivity index is 1.43. The van der Waals surface area contributed by atoms with Crippen LogP contribution in [0.2, 0.25) is 0 Å². The van der Waals surface area contributed by atoms with Crippen molar-refractivity contribution >= 4 is 32.5 Å². The first-order valence-electron chi connectivity index (χ1n) is 11.1. The number of aryl methyl sites for hydroxylation is 1. The fourth-order valence-electron chi connectivity index (χ4n) is 4.03. The first-order chi connectivity index (χ1) is 16.8. The summed E-state index contributed by atoms with van der Waals surface area (Å²) >= 11 is 0. The normalized spacial score (nSPS) is 16.0. The number of rotatable bonds is 7. The molecule has 1 unspecified atom stereocenters. The van der Waals surface area contributed by atoms with Gasteiger partial charge in [0.1, 0.15) is 28.1 Å². The van der Waals surface area contributed by atoms with E-state index in [1.807, 2.05) is 24.3 Å². The molecule has 1 aromatic carbocycles. The predicted molar refractivity (Wildman–Crippen MR) is 131 cm³/mol. The molecule has 5 rings (SSSR count). The summed E-state index contributed by atoms with van der Waals surface area (Å²) in [4.78, 5) is 21.7. The van der Waals surface area contributed by atoms with Gasteiger partial charge in [-0.15, -0.1) is 0 Å². The van der Waals surface area contributed by atoms with Gasteiger partial charge < -0.3 is 15.4 Å². The highest BCUT2D eigenvalue weighted by Gasteiger charge is 2.19. The molecule has 1 aliphatic heterocycles. The summed E-state index contributed by atoms with van der Waals surface area (Å²) in [6.45, 7) is 1.76. The highest BCUT2D eigenvalue weighted by molar-refractivity contribution is 7.90. The van der Waals surface area contributed by atoms with Crippen LogP contribution in [0.5, 0.6) is 5.75 Å². The van der Waals surface area contributed by atoms with Crippen molar-refractivity contribution in [1.82, 2.24) is 29.6 Å². The van der Waals surface area contributed by atoms with E-state index in [4.69, 9.17) is 4.74 Å². The molecule has 35 heavy (non-hydrogen) atoms. The van der Waals surface area contributed by atoms with Crippen LogP contribution in [0.3, 0.4) is 0 Å². The zero-order valence-electron chi connectivity index (χ0n) is 19.3. The van der Waals surface area contributed by atoms with Crippen molar-refractivity contribution in [2.24, 2.45) is 7.05 Å². The number of aromatic nitrogens is 5. The van der Waals surface area contributed by atoms with E-state index in [1.54, 1.807) is 19.3 Å². The second-order valence-corrected chi connectivity index (χ2v) is 10.5. The molecule has 0 amide bonds. The first-order valence-corrected chi connectivity index (χ1v) is 13.0. The number of hydrogen-bond donors (Lipinski definition) is 2. The Morgan fingerprint density at radius 1 is 1.20 bits per heavy atom. The van der Waals surface area contributed by atoms with E-state index in [1.165, 1.54) is 21.5 Å². The van der Waals surface area contributed by atoms with Crippen LogP contribution in [-0.2, 0) is 23.4 Å². The van der Waals surface area contributed by atoms with Gasteiger partial charge in [0.15, 0.2) is 9.84 Å². The van der Waals surface area contributed by atoms with Crippen molar-refractivity contribution in [3.8, 4) is 5.75 Å². The van der Waals surface area contributed by atoms with Gasteiger partial charge in [-0.25, -0.2) is 13.4 Å². The molecule has 2 N–H and O–H groups in total. The van der Waals surface area contributed by atoms with Gasteiger partial charge in [-0.3, -0.25) is 14.0 Å².